The smallest absolute Gasteiger partial charge is 0.216 e. The first-order valence-electron chi connectivity index (χ1n) is 9.10. The Bertz CT molecular complexity index is 1200. The zero-order valence-corrected chi connectivity index (χ0v) is 16.2. The molecule has 0 aliphatic carbocycles. The van der Waals surface area contributed by atoms with Gasteiger partial charge >= 0.3 is 0 Å². The number of benzene rings is 2. The summed E-state index contributed by atoms with van der Waals surface area (Å²) >= 11 is 0. The highest BCUT2D eigenvalue weighted by Gasteiger charge is 2.24. The molecule has 0 amide bonds. The van der Waals surface area contributed by atoms with Gasteiger partial charge in [0, 0.05) is 29.1 Å². The van der Waals surface area contributed by atoms with E-state index in [9.17, 15) is 8.78 Å². The largest absolute Gasteiger partial charge is 0.455 e. The molecule has 2 aromatic heterocycles. The quantitative estimate of drug-likeness (QED) is 0.392. The topological polar surface area (TPSA) is 17.0 Å². The summed E-state index contributed by atoms with van der Waals surface area (Å²) in [7, 11) is 1.98. The van der Waals surface area contributed by atoms with Gasteiger partial charge in [-0.15, -0.1) is 0 Å². The van der Waals surface area contributed by atoms with Crippen LogP contribution in [0.1, 0.15) is 36.5 Å². The first kappa shape index (κ1) is 17.7. The molecule has 0 spiro atoms. The molecular weight excluding hydrogens is 344 g/mol. The molecule has 2 nitrogen and oxygen atoms in total. The average Bonchev–Trinajstić information content (AvgIpc) is 2.98. The molecular formula is C23H22F2NO+. The highest BCUT2D eigenvalue weighted by Crippen LogP contribution is 2.39. The van der Waals surface area contributed by atoms with Gasteiger partial charge in [0.1, 0.15) is 29.8 Å². The van der Waals surface area contributed by atoms with Crippen molar-refractivity contribution in [1.29, 1.82) is 0 Å². The molecule has 27 heavy (non-hydrogen) atoms. The minimum Gasteiger partial charge on any atom is -0.455 e. The molecule has 0 aliphatic rings. The fourth-order valence-electron chi connectivity index (χ4n) is 3.63. The maximum atomic E-state index is 14.8. The number of pyridine rings is 1. The Balaban J connectivity index is 2.14. The average molecular weight is 366 g/mol. The van der Waals surface area contributed by atoms with E-state index in [-0.39, 0.29) is 11.1 Å². The number of hydrogen-bond donors (Lipinski definition) is 0. The second kappa shape index (κ2) is 6.15. The van der Waals surface area contributed by atoms with Gasteiger partial charge in [-0.1, -0.05) is 26.0 Å². The molecule has 0 saturated heterocycles. The minimum absolute atomic E-state index is 0.0136. The molecule has 4 heteroatoms. The Labute approximate surface area is 157 Å². The van der Waals surface area contributed by atoms with Crippen LogP contribution in [0.5, 0.6) is 0 Å². The Morgan fingerprint density at radius 1 is 1.04 bits per heavy atom. The third-order valence-corrected chi connectivity index (χ3v) is 5.36. The molecule has 0 radical (unpaired) electrons. The van der Waals surface area contributed by atoms with Crippen LogP contribution in [0.25, 0.3) is 33.2 Å². The normalized spacial score (nSPS) is 11.9. The molecule has 0 unspecified atom stereocenters. The number of halogens is 2. The van der Waals surface area contributed by atoms with Crippen molar-refractivity contribution >= 4 is 21.9 Å². The van der Waals surface area contributed by atoms with E-state index in [2.05, 4.69) is 26.0 Å². The Hall–Kier alpha value is -2.75. The van der Waals surface area contributed by atoms with E-state index in [4.69, 9.17) is 4.42 Å². The highest BCUT2D eigenvalue weighted by molar-refractivity contribution is 6.10. The SMILES string of the molecule is Cc1ccc2c(oc3cc(F)c(C)c(F)c32)c1-c1cc(C(C)C)cc[n+]1C. The Kier molecular flexibility index (Phi) is 4.02. The maximum Gasteiger partial charge on any atom is 0.216 e. The molecule has 2 heterocycles. The number of furan rings is 1. The fourth-order valence-corrected chi connectivity index (χ4v) is 3.63. The van der Waals surface area contributed by atoms with E-state index in [1.807, 2.05) is 36.9 Å². The standard InChI is InChI=1S/C23H22F2NO/c1-12(2)15-8-9-26(5)18(10-15)20-13(3)6-7-16-21-19(27-23(16)20)11-17(24)14(4)22(21)25/h6-12H,1-5H3/q+1. The van der Waals surface area contributed by atoms with Crippen LogP contribution in [0.4, 0.5) is 8.78 Å². The number of aryl methyl sites for hydroxylation is 2. The van der Waals surface area contributed by atoms with Gasteiger partial charge in [0.2, 0.25) is 5.69 Å². The van der Waals surface area contributed by atoms with Crippen molar-refractivity contribution in [3.63, 3.8) is 0 Å². The summed E-state index contributed by atoms with van der Waals surface area (Å²) in [6, 6.07) is 9.33. The van der Waals surface area contributed by atoms with E-state index in [0.717, 1.165) is 16.8 Å². The summed E-state index contributed by atoms with van der Waals surface area (Å²) in [5.74, 6) is -0.766. The van der Waals surface area contributed by atoms with Crippen molar-refractivity contribution in [2.45, 2.75) is 33.6 Å². The second-order valence-electron chi connectivity index (χ2n) is 7.52. The van der Waals surface area contributed by atoms with Crippen molar-refractivity contribution in [3.8, 4) is 11.3 Å². The van der Waals surface area contributed by atoms with Crippen LogP contribution >= 0.6 is 0 Å². The first-order valence-corrected chi connectivity index (χ1v) is 9.10. The monoisotopic (exact) mass is 366 g/mol. The van der Waals surface area contributed by atoms with Gasteiger partial charge in [-0.25, -0.2) is 13.3 Å². The van der Waals surface area contributed by atoms with Crippen LogP contribution in [0.2, 0.25) is 0 Å². The lowest BCUT2D eigenvalue weighted by Gasteiger charge is -2.09. The summed E-state index contributed by atoms with van der Waals surface area (Å²) in [5, 5.41) is 1.01. The molecule has 0 bridgehead atoms. The van der Waals surface area contributed by atoms with Crippen LogP contribution in [-0.2, 0) is 7.05 Å². The molecule has 0 fully saturated rings. The molecule has 0 aliphatic heterocycles. The predicted octanol–water partition coefficient (Wildman–Crippen LogP) is 6.10. The van der Waals surface area contributed by atoms with Gasteiger partial charge in [0.05, 0.1) is 10.9 Å². The summed E-state index contributed by atoms with van der Waals surface area (Å²) in [5.41, 5.74) is 4.97. The van der Waals surface area contributed by atoms with Gasteiger partial charge in [0.25, 0.3) is 0 Å². The van der Waals surface area contributed by atoms with E-state index >= 15 is 0 Å². The highest BCUT2D eigenvalue weighted by atomic mass is 19.1. The van der Waals surface area contributed by atoms with Gasteiger partial charge < -0.3 is 4.42 Å². The number of aromatic nitrogens is 1. The van der Waals surface area contributed by atoms with Gasteiger partial charge in [-0.05, 0) is 30.9 Å². The minimum atomic E-state index is -0.593. The number of hydrogen-bond acceptors (Lipinski definition) is 1. The zero-order chi connectivity index (χ0) is 19.5. The van der Waals surface area contributed by atoms with Crippen molar-refractivity contribution in [3.05, 3.63) is 64.9 Å². The van der Waals surface area contributed by atoms with Gasteiger partial charge in [-0.2, -0.15) is 0 Å². The number of rotatable bonds is 2. The molecule has 138 valence electrons. The molecule has 4 rings (SSSR count). The van der Waals surface area contributed by atoms with Crippen molar-refractivity contribution in [1.82, 2.24) is 0 Å². The lowest BCUT2D eigenvalue weighted by Crippen LogP contribution is -2.31. The third kappa shape index (κ3) is 2.62. The van der Waals surface area contributed by atoms with Crippen LogP contribution < -0.4 is 4.57 Å². The van der Waals surface area contributed by atoms with E-state index < -0.39 is 11.6 Å². The molecule has 2 aromatic carbocycles. The molecule has 0 N–H and O–H groups in total. The fraction of sp³-hybridized carbons (Fsp3) is 0.261. The van der Waals surface area contributed by atoms with E-state index in [1.54, 1.807) is 0 Å². The van der Waals surface area contributed by atoms with Gasteiger partial charge in [0.15, 0.2) is 6.20 Å². The van der Waals surface area contributed by atoms with Crippen molar-refractivity contribution < 1.29 is 17.8 Å². The molecule has 4 aromatic rings. The van der Waals surface area contributed by atoms with Crippen LogP contribution in [0, 0.1) is 25.5 Å². The molecule has 0 saturated carbocycles. The third-order valence-electron chi connectivity index (χ3n) is 5.36. The maximum absolute atomic E-state index is 14.8. The van der Waals surface area contributed by atoms with Crippen LogP contribution in [-0.4, -0.2) is 0 Å². The predicted molar refractivity (Wildman–Crippen MR) is 104 cm³/mol. The number of nitrogens with zero attached hydrogens (tertiary/aromatic N) is 1. The summed E-state index contributed by atoms with van der Waals surface area (Å²) in [6.07, 6.45) is 2.02. The lowest BCUT2D eigenvalue weighted by atomic mass is 9.97. The van der Waals surface area contributed by atoms with Crippen molar-refractivity contribution in [2.24, 2.45) is 7.05 Å². The summed E-state index contributed by atoms with van der Waals surface area (Å²) in [6.45, 7) is 7.75. The second-order valence-corrected chi connectivity index (χ2v) is 7.52. The summed E-state index contributed by atoms with van der Waals surface area (Å²) in [4.78, 5) is 0. The Morgan fingerprint density at radius 3 is 2.48 bits per heavy atom. The van der Waals surface area contributed by atoms with Crippen molar-refractivity contribution in [2.75, 3.05) is 0 Å². The van der Waals surface area contributed by atoms with E-state index in [0.29, 0.717) is 22.3 Å². The number of fused-ring (bicyclic) bond motifs is 3. The van der Waals surface area contributed by atoms with E-state index in [1.165, 1.54) is 18.6 Å². The van der Waals surface area contributed by atoms with Crippen LogP contribution in [0.15, 0.2) is 40.9 Å². The van der Waals surface area contributed by atoms with Crippen LogP contribution in [0.3, 0.4) is 0 Å². The Morgan fingerprint density at radius 2 is 1.78 bits per heavy atom. The molecule has 0 atom stereocenters. The first-order chi connectivity index (χ1) is 12.8. The van der Waals surface area contributed by atoms with Gasteiger partial charge in [-0.3, -0.25) is 0 Å². The zero-order valence-electron chi connectivity index (χ0n) is 16.2. The lowest BCUT2D eigenvalue weighted by molar-refractivity contribution is -0.660. The summed E-state index contributed by atoms with van der Waals surface area (Å²) < 4.78 is 36.9.